The highest BCUT2D eigenvalue weighted by molar-refractivity contribution is 7.91. The fraction of sp³-hybridized carbons (Fsp3) is 0.188. The van der Waals surface area contributed by atoms with E-state index in [-0.39, 0.29) is 35.2 Å². The molecule has 0 unspecified atom stereocenters. The average Bonchev–Trinajstić information content (AvgIpc) is 2.66. The molecule has 7 nitrogen and oxygen atoms in total. The molecule has 2 aromatic carbocycles. The zero-order valence-electron chi connectivity index (χ0n) is 12.6. The van der Waals surface area contributed by atoms with Crippen molar-refractivity contribution in [3.05, 3.63) is 64.2 Å². The number of rotatable bonds is 3. The number of carbonyl (C=O) groups excluding carboxylic acids is 1. The molecule has 0 fully saturated rings. The Morgan fingerprint density at radius 3 is 2.42 bits per heavy atom. The lowest BCUT2D eigenvalue weighted by atomic mass is 10.1. The van der Waals surface area contributed by atoms with Crippen LogP contribution in [-0.2, 0) is 21.2 Å². The van der Waals surface area contributed by atoms with Crippen molar-refractivity contribution < 1.29 is 18.1 Å². The van der Waals surface area contributed by atoms with Crippen molar-refractivity contribution in [2.45, 2.75) is 17.9 Å². The highest BCUT2D eigenvalue weighted by Crippen LogP contribution is 2.31. The third kappa shape index (κ3) is 3.00. The first-order valence-corrected chi connectivity index (χ1v) is 8.89. The summed E-state index contributed by atoms with van der Waals surface area (Å²) in [6.07, 6.45) is -0.0933. The summed E-state index contributed by atoms with van der Waals surface area (Å²) in [6.45, 7) is 0.156. The minimum absolute atomic E-state index is 0.0380. The Morgan fingerprint density at radius 1 is 1.08 bits per heavy atom. The molecule has 1 aliphatic heterocycles. The number of anilines is 1. The first kappa shape index (κ1) is 16.1. The minimum atomic E-state index is -3.51. The van der Waals surface area contributed by atoms with Crippen molar-refractivity contribution in [3.63, 3.8) is 0 Å². The van der Waals surface area contributed by atoms with Gasteiger partial charge in [0.2, 0.25) is 5.91 Å². The Balaban J connectivity index is 1.99. The topological polar surface area (TPSA) is 97.6 Å². The molecule has 24 heavy (non-hydrogen) atoms. The van der Waals surface area contributed by atoms with E-state index in [4.69, 9.17) is 0 Å². The lowest BCUT2D eigenvalue weighted by Crippen LogP contribution is -2.29. The predicted molar refractivity (Wildman–Crippen MR) is 87.4 cm³/mol. The zero-order valence-corrected chi connectivity index (χ0v) is 13.4. The maximum Gasteiger partial charge on any atom is 0.269 e. The number of carbonyl (C=O) groups is 1. The van der Waals surface area contributed by atoms with E-state index < -0.39 is 14.8 Å². The van der Waals surface area contributed by atoms with E-state index in [1.807, 2.05) is 0 Å². The van der Waals surface area contributed by atoms with Crippen molar-refractivity contribution in [2.75, 3.05) is 10.7 Å². The van der Waals surface area contributed by atoms with Crippen molar-refractivity contribution in [3.8, 4) is 0 Å². The zero-order chi connectivity index (χ0) is 17.3. The van der Waals surface area contributed by atoms with Gasteiger partial charge >= 0.3 is 0 Å². The summed E-state index contributed by atoms with van der Waals surface area (Å²) >= 11 is 0. The molecule has 0 aromatic heterocycles. The summed E-state index contributed by atoms with van der Waals surface area (Å²) < 4.78 is 24.6. The lowest BCUT2D eigenvalue weighted by Gasteiger charge is -2.22. The molecule has 1 amide bonds. The number of para-hydroxylation sites is 1. The summed E-state index contributed by atoms with van der Waals surface area (Å²) in [5.74, 6) is -0.513. The van der Waals surface area contributed by atoms with Crippen LogP contribution in [-0.4, -0.2) is 25.0 Å². The van der Waals surface area contributed by atoms with Gasteiger partial charge in [0.15, 0.2) is 9.84 Å². The number of nitro groups is 1. The van der Waals surface area contributed by atoms with Crippen LogP contribution >= 0.6 is 0 Å². The van der Waals surface area contributed by atoms with Crippen molar-refractivity contribution in [2.24, 2.45) is 0 Å². The summed E-state index contributed by atoms with van der Waals surface area (Å²) in [6, 6.07) is 12.2. The maximum atomic E-state index is 12.4. The monoisotopic (exact) mass is 346 g/mol. The second kappa shape index (κ2) is 6.04. The van der Waals surface area contributed by atoms with Gasteiger partial charge in [-0.25, -0.2) is 8.42 Å². The summed E-state index contributed by atoms with van der Waals surface area (Å²) in [4.78, 5) is 24.2. The van der Waals surface area contributed by atoms with Gasteiger partial charge in [0.1, 0.15) is 0 Å². The van der Waals surface area contributed by atoms with Gasteiger partial charge in [-0.15, -0.1) is 0 Å². The molecule has 0 saturated heterocycles. The van der Waals surface area contributed by atoms with E-state index in [1.54, 1.807) is 30.3 Å². The number of nitro benzene ring substituents is 1. The first-order valence-electron chi connectivity index (χ1n) is 7.24. The molecule has 0 N–H and O–H groups in total. The lowest BCUT2D eigenvalue weighted by molar-refractivity contribution is -0.384. The Labute approximate surface area is 138 Å². The van der Waals surface area contributed by atoms with Crippen LogP contribution < -0.4 is 4.90 Å². The first-order chi connectivity index (χ1) is 11.4. The molecule has 1 heterocycles. The molecule has 0 saturated carbocycles. The SMILES string of the molecule is O=C1CCS(=O)(=O)c2ccccc2N1Cc1ccc([N+](=O)[O-])cc1. The van der Waals surface area contributed by atoms with Crippen LogP contribution in [0.15, 0.2) is 53.4 Å². The molecule has 0 spiro atoms. The van der Waals surface area contributed by atoms with Crippen LogP contribution in [0, 0.1) is 10.1 Å². The highest BCUT2D eigenvalue weighted by Gasteiger charge is 2.30. The molecule has 3 rings (SSSR count). The quantitative estimate of drug-likeness (QED) is 0.627. The molecular formula is C16H14N2O5S. The molecule has 8 heteroatoms. The Bertz CT molecular complexity index is 906. The van der Waals surface area contributed by atoms with E-state index in [1.165, 1.54) is 23.1 Å². The standard InChI is InChI=1S/C16H14N2O5S/c19-16-9-10-24(22,23)15-4-2-1-3-14(15)17(16)11-12-5-7-13(8-6-12)18(20)21/h1-8H,9-11H2. The third-order valence-corrected chi connectivity index (χ3v) is 5.62. The number of nitrogens with zero attached hydrogens (tertiary/aromatic N) is 2. The van der Waals surface area contributed by atoms with Crippen LogP contribution in [0.3, 0.4) is 0 Å². The molecule has 0 bridgehead atoms. The highest BCUT2D eigenvalue weighted by atomic mass is 32.2. The summed E-state index contributed by atoms with van der Waals surface area (Å²) in [5.41, 5.74) is 0.991. The van der Waals surface area contributed by atoms with Crippen LogP contribution in [0.5, 0.6) is 0 Å². The van der Waals surface area contributed by atoms with E-state index in [9.17, 15) is 23.3 Å². The predicted octanol–water partition coefficient (Wildman–Crippen LogP) is 2.31. The van der Waals surface area contributed by atoms with Crippen LogP contribution in [0.1, 0.15) is 12.0 Å². The van der Waals surface area contributed by atoms with Gasteiger partial charge in [0, 0.05) is 18.6 Å². The minimum Gasteiger partial charge on any atom is -0.307 e. The number of non-ortho nitro benzene ring substituents is 1. The van der Waals surface area contributed by atoms with Crippen molar-refractivity contribution >= 4 is 27.1 Å². The molecule has 0 atom stereocenters. The molecule has 0 radical (unpaired) electrons. The van der Waals surface area contributed by atoms with E-state index in [0.717, 1.165) is 0 Å². The Hall–Kier alpha value is -2.74. The largest absolute Gasteiger partial charge is 0.307 e. The molecule has 124 valence electrons. The molecular weight excluding hydrogens is 332 g/mol. The fourth-order valence-corrected chi connectivity index (χ4v) is 4.07. The second-order valence-corrected chi connectivity index (χ2v) is 7.52. The summed E-state index contributed by atoms with van der Waals surface area (Å²) in [5, 5.41) is 10.7. The van der Waals surface area contributed by atoms with Gasteiger partial charge in [-0.1, -0.05) is 24.3 Å². The average molecular weight is 346 g/mol. The van der Waals surface area contributed by atoms with Gasteiger partial charge in [0.25, 0.3) is 5.69 Å². The number of benzene rings is 2. The fourth-order valence-electron chi connectivity index (χ4n) is 2.62. The Morgan fingerprint density at radius 2 is 1.75 bits per heavy atom. The van der Waals surface area contributed by atoms with Crippen LogP contribution in [0.2, 0.25) is 0 Å². The maximum absolute atomic E-state index is 12.4. The van der Waals surface area contributed by atoms with E-state index in [0.29, 0.717) is 11.3 Å². The van der Waals surface area contributed by atoms with Gasteiger partial charge < -0.3 is 4.90 Å². The smallest absolute Gasteiger partial charge is 0.269 e. The van der Waals surface area contributed by atoms with Crippen molar-refractivity contribution in [1.29, 1.82) is 0 Å². The number of amides is 1. The van der Waals surface area contributed by atoms with Crippen LogP contribution in [0.4, 0.5) is 11.4 Å². The summed E-state index contributed by atoms with van der Waals surface area (Å²) in [7, 11) is -3.51. The number of fused-ring (bicyclic) bond motifs is 1. The molecule has 0 aliphatic carbocycles. The normalized spacial score (nSPS) is 16.3. The second-order valence-electron chi connectivity index (χ2n) is 5.44. The van der Waals surface area contributed by atoms with E-state index >= 15 is 0 Å². The van der Waals surface area contributed by atoms with Crippen LogP contribution in [0.25, 0.3) is 0 Å². The number of hydrogen-bond donors (Lipinski definition) is 0. The van der Waals surface area contributed by atoms with E-state index in [2.05, 4.69) is 0 Å². The Kier molecular flexibility index (Phi) is 4.06. The van der Waals surface area contributed by atoms with Gasteiger partial charge in [-0.05, 0) is 17.7 Å². The van der Waals surface area contributed by atoms with Crippen molar-refractivity contribution in [1.82, 2.24) is 0 Å². The molecule has 2 aromatic rings. The third-order valence-electron chi connectivity index (χ3n) is 3.86. The van der Waals surface area contributed by atoms with Gasteiger partial charge in [0.05, 0.1) is 27.8 Å². The number of hydrogen-bond acceptors (Lipinski definition) is 5. The van der Waals surface area contributed by atoms with Gasteiger partial charge in [-0.3, -0.25) is 14.9 Å². The van der Waals surface area contributed by atoms with Gasteiger partial charge in [-0.2, -0.15) is 0 Å². The number of sulfone groups is 1. The molecule has 1 aliphatic rings.